The largest absolute Gasteiger partial charge is 0.364 e. The number of hydrogen-bond donors (Lipinski definition) is 1. The highest BCUT2D eigenvalue weighted by Crippen LogP contribution is 2.14. The van der Waals surface area contributed by atoms with Gasteiger partial charge in [-0.25, -0.2) is 19.5 Å². The zero-order chi connectivity index (χ0) is 14.8. The van der Waals surface area contributed by atoms with Gasteiger partial charge in [0.2, 0.25) is 0 Å². The summed E-state index contributed by atoms with van der Waals surface area (Å²) in [6.45, 7) is 6.80. The maximum atomic E-state index is 4.55. The lowest BCUT2D eigenvalue weighted by Crippen LogP contribution is -2.09. The molecule has 0 bridgehead atoms. The minimum atomic E-state index is 0.309. The van der Waals surface area contributed by atoms with E-state index in [0.717, 1.165) is 28.7 Å². The summed E-state index contributed by atoms with van der Waals surface area (Å²) in [7, 11) is 0. The molecule has 0 atom stereocenters. The van der Waals surface area contributed by atoms with Gasteiger partial charge in [-0.15, -0.1) is 0 Å². The Morgan fingerprint density at radius 1 is 1.19 bits per heavy atom. The highest BCUT2D eigenvalue weighted by molar-refractivity contribution is 5.40. The molecule has 6 nitrogen and oxygen atoms in total. The lowest BCUT2D eigenvalue weighted by atomic mass is 10.2. The normalized spacial score (nSPS) is 11.2. The van der Waals surface area contributed by atoms with Crippen molar-refractivity contribution >= 4 is 11.5 Å². The summed E-state index contributed by atoms with van der Waals surface area (Å²) in [4.78, 5) is 13.3. The smallest absolute Gasteiger partial charge is 0.155 e. The van der Waals surface area contributed by atoms with Gasteiger partial charge in [0.25, 0.3) is 0 Å². The van der Waals surface area contributed by atoms with E-state index in [4.69, 9.17) is 0 Å². The summed E-state index contributed by atoms with van der Waals surface area (Å²) in [6.07, 6.45) is 3.54. The van der Waals surface area contributed by atoms with E-state index in [1.807, 2.05) is 29.6 Å². The molecule has 6 heteroatoms. The molecule has 0 aromatic carbocycles. The summed E-state index contributed by atoms with van der Waals surface area (Å²) >= 11 is 0. The van der Waals surface area contributed by atoms with Crippen LogP contribution in [0.25, 0.3) is 5.65 Å². The van der Waals surface area contributed by atoms with Crippen molar-refractivity contribution in [1.29, 1.82) is 0 Å². The van der Waals surface area contributed by atoms with Crippen molar-refractivity contribution in [3.63, 3.8) is 0 Å². The van der Waals surface area contributed by atoms with Crippen molar-refractivity contribution in [2.75, 3.05) is 5.32 Å². The van der Waals surface area contributed by atoms with Gasteiger partial charge in [0, 0.05) is 29.9 Å². The summed E-state index contributed by atoms with van der Waals surface area (Å²) in [5, 5.41) is 7.61. The second-order valence-corrected chi connectivity index (χ2v) is 5.30. The van der Waals surface area contributed by atoms with Gasteiger partial charge in [0.1, 0.15) is 11.6 Å². The number of hydrogen-bond acceptors (Lipinski definition) is 5. The van der Waals surface area contributed by atoms with Crippen LogP contribution in [0.4, 0.5) is 5.82 Å². The van der Waals surface area contributed by atoms with Gasteiger partial charge in [0.05, 0.1) is 18.4 Å². The van der Waals surface area contributed by atoms with Gasteiger partial charge >= 0.3 is 0 Å². The first kappa shape index (κ1) is 13.5. The summed E-state index contributed by atoms with van der Waals surface area (Å²) in [5.74, 6) is 2.00. The Hall–Kier alpha value is -2.50. The average molecular weight is 282 g/mol. The van der Waals surface area contributed by atoms with E-state index < -0.39 is 0 Å². The molecule has 0 unspecified atom stereocenters. The fourth-order valence-electron chi connectivity index (χ4n) is 2.14. The lowest BCUT2D eigenvalue weighted by molar-refractivity contribution is 0.765. The minimum absolute atomic E-state index is 0.309. The number of anilines is 1. The topological polar surface area (TPSA) is 68.0 Å². The molecule has 0 aliphatic heterocycles. The zero-order valence-electron chi connectivity index (χ0n) is 12.4. The maximum Gasteiger partial charge on any atom is 0.155 e. The third-order valence-corrected chi connectivity index (χ3v) is 3.21. The molecule has 21 heavy (non-hydrogen) atoms. The summed E-state index contributed by atoms with van der Waals surface area (Å²) < 4.78 is 1.82. The third-order valence-electron chi connectivity index (χ3n) is 3.21. The van der Waals surface area contributed by atoms with Crippen LogP contribution in [0.1, 0.15) is 37.0 Å². The fourth-order valence-corrected chi connectivity index (χ4v) is 2.14. The van der Waals surface area contributed by atoms with Crippen LogP contribution >= 0.6 is 0 Å². The Balaban J connectivity index is 1.83. The van der Waals surface area contributed by atoms with Crippen LogP contribution in [0.5, 0.6) is 0 Å². The highest BCUT2D eigenvalue weighted by atomic mass is 15.3. The first-order valence-electron chi connectivity index (χ1n) is 7.00. The van der Waals surface area contributed by atoms with E-state index in [1.54, 1.807) is 12.4 Å². The molecule has 0 spiro atoms. The van der Waals surface area contributed by atoms with Crippen molar-refractivity contribution in [2.45, 2.75) is 33.2 Å². The Morgan fingerprint density at radius 3 is 2.86 bits per heavy atom. The Bertz CT molecular complexity index is 762. The number of fused-ring (bicyclic) bond motifs is 1. The first-order chi connectivity index (χ1) is 10.1. The van der Waals surface area contributed by atoms with Crippen molar-refractivity contribution in [3.05, 3.63) is 47.8 Å². The van der Waals surface area contributed by atoms with Crippen molar-refractivity contribution < 1.29 is 0 Å². The molecule has 108 valence electrons. The number of nitrogens with zero attached hydrogens (tertiary/aromatic N) is 5. The van der Waals surface area contributed by atoms with Gasteiger partial charge in [-0.1, -0.05) is 13.8 Å². The second kappa shape index (κ2) is 5.47. The van der Waals surface area contributed by atoms with Crippen molar-refractivity contribution in [3.8, 4) is 0 Å². The van der Waals surface area contributed by atoms with Crippen LogP contribution < -0.4 is 5.32 Å². The molecule has 3 heterocycles. The second-order valence-electron chi connectivity index (χ2n) is 5.30. The van der Waals surface area contributed by atoms with Gasteiger partial charge in [-0.05, 0) is 13.0 Å². The van der Waals surface area contributed by atoms with Gasteiger partial charge in [-0.3, -0.25) is 0 Å². The fraction of sp³-hybridized carbons (Fsp3) is 0.333. The zero-order valence-corrected chi connectivity index (χ0v) is 12.4. The SMILES string of the molecule is Cc1cc(NCc2ccnc3ccnn23)nc(C(C)C)n1. The van der Waals surface area contributed by atoms with Crippen molar-refractivity contribution in [2.24, 2.45) is 0 Å². The molecule has 0 saturated heterocycles. The highest BCUT2D eigenvalue weighted by Gasteiger charge is 2.07. The van der Waals surface area contributed by atoms with E-state index in [2.05, 4.69) is 39.2 Å². The Kier molecular flexibility index (Phi) is 3.51. The molecule has 3 rings (SSSR count). The van der Waals surface area contributed by atoms with Crippen molar-refractivity contribution in [1.82, 2.24) is 24.6 Å². The van der Waals surface area contributed by atoms with Gasteiger partial charge in [-0.2, -0.15) is 5.10 Å². The van der Waals surface area contributed by atoms with Crippen LogP contribution in [0.3, 0.4) is 0 Å². The van der Waals surface area contributed by atoms with Crippen LogP contribution in [0.2, 0.25) is 0 Å². The predicted molar refractivity (Wildman–Crippen MR) is 81.2 cm³/mol. The first-order valence-corrected chi connectivity index (χ1v) is 7.00. The minimum Gasteiger partial charge on any atom is -0.364 e. The monoisotopic (exact) mass is 282 g/mol. The van der Waals surface area contributed by atoms with E-state index in [0.29, 0.717) is 12.5 Å². The van der Waals surface area contributed by atoms with Crippen LogP contribution in [-0.2, 0) is 6.54 Å². The van der Waals surface area contributed by atoms with Crippen LogP contribution in [0.15, 0.2) is 30.6 Å². The molecule has 3 aromatic rings. The Labute approximate surface area is 123 Å². The van der Waals surface area contributed by atoms with E-state index in [9.17, 15) is 0 Å². The van der Waals surface area contributed by atoms with E-state index in [1.165, 1.54) is 0 Å². The molecule has 3 aromatic heterocycles. The maximum absolute atomic E-state index is 4.55. The van der Waals surface area contributed by atoms with E-state index in [-0.39, 0.29) is 0 Å². The molecule has 1 N–H and O–H groups in total. The molecular formula is C15H18N6. The van der Waals surface area contributed by atoms with Crippen LogP contribution in [0, 0.1) is 6.92 Å². The van der Waals surface area contributed by atoms with Gasteiger partial charge in [0.15, 0.2) is 5.65 Å². The number of aromatic nitrogens is 5. The number of aryl methyl sites for hydroxylation is 1. The lowest BCUT2D eigenvalue weighted by Gasteiger charge is -2.11. The number of rotatable bonds is 4. The summed E-state index contributed by atoms with van der Waals surface area (Å²) in [6, 6.07) is 5.78. The Morgan fingerprint density at radius 2 is 2.05 bits per heavy atom. The summed E-state index contributed by atoms with van der Waals surface area (Å²) in [5.41, 5.74) is 2.85. The molecule has 0 aliphatic rings. The molecule has 0 aliphatic carbocycles. The molecule has 0 fully saturated rings. The third kappa shape index (κ3) is 2.84. The molecule has 0 saturated carbocycles. The van der Waals surface area contributed by atoms with E-state index >= 15 is 0 Å². The average Bonchev–Trinajstić information content (AvgIpc) is 2.93. The predicted octanol–water partition coefficient (Wildman–Crippen LogP) is 2.56. The van der Waals surface area contributed by atoms with Gasteiger partial charge < -0.3 is 5.32 Å². The molecular weight excluding hydrogens is 264 g/mol. The molecule has 0 amide bonds. The van der Waals surface area contributed by atoms with Crippen LogP contribution in [-0.4, -0.2) is 24.6 Å². The number of nitrogens with one attached hydrogen (secondary N) is 1. The quantitative estimate of drug-likeness (QED) is 0.796. The molecule has 0 radical (unpaired) electrons. The standard InChI is InChI=1S/C15H18N6/c1-10(2)15-19-11(3)8-13(20-15)17-9-12-4-6-16-14-5-7-18-21(12)14/h4-8,10H,9H2,1-3H3,(H,17,19,20).